The summed E-state index contributed by atoms with van der Waals surface area (Å²) in [7, 11) is 0. The van der Waals surface area contributed by atoms with Gasteiger partial charge >= 0.3 is 17.9 Å². The molecule has 5 rings (SSSR count). The third-order valence-corrected chi connectivity index (χ3v) is 5.91. The van der Waals surface area contributed by atoms with Gasteiger partial charge in [0.15, 0.2) is 18.3 Å². The zero-order valence-corrected chi connectivity index (χ0v) is 18.6. The van der Waals surface area contributed by atoms with Crippen molar-refractivity contribution >= 4 is 17.9 Å². The Balaban J connectivity index is 1.44. The van der Waals surface area contributed by atoms with Gasteiger partial charge in [-0.1, -0.05) is 54.6 Å². The average molecular weight is 473 g/mol. The number of carbonyl (C=O) groups excluding carboxylic acids is 3. The number of rotatable bonds is 6. The van der Waals surface area contributed by atoms with Gasteiger partial charge in [0, 0.05) is 6.54 Å². The second kappa shape index (κ2) is 10.1. The van der Waals surface area contributed by atoms with Crippen molar-refractivity contribution < 1.29 is 33.3 Å². The first-order valence-electron chi connectivity index (χ1n) is 11.3. The number of ether oxygens (including phenoxy) is 4. The maximum absolute atomic E-state index is 13.0. The summed E-state index contributed by atoms with van der Waals surface area (Å²) >= 11 is 0. The molecule has 5 atom stereocenters. The molecule has 2 bridgehead atoms. The Morgan fingerprint density at radius 1 is 0.600 bits per heavy atom. The molecule has 0 amide bonds. The molecule has 2 aliphatic heterocycles. The van der Waals surface area contributed by atoms with Gasteiger partial charge in [-0.2, -0.15) is 0 Å². The minimum atomic E-state index is -1.10. The molecule has 0 radical (unpaired) electrons. The van der Waals surface area contributed by atoms with E-state index in [0.29, 0.717) is 23.2 Å². The molecule has 0 saturated carbocycles. The highest BCUT2D eigenvalue weighted by molar-refractivity contribution is 5.91. The highest BCUT2D eigenvalue weighted by Gasteiger charge is 2.55. The van der Waals surface area contributed by atoms with E-state index in [1.165, 1.54) is 0 Å². The van der Waals surface area contributed by atoms with Gasteiger partial charge in [0.05, 0.1) is 16.7 Å². The number of esters is 3. The summed E-state index contributed by atoms with van der Waals surface area (Å²) in [4.78, 5) is 38.8. The second-order valence-corrected chi connectivity index (χ2v) is 8.21. The van der Waals surface area contributed by atoms with Crippen LogP contribution in [0.25, 0.3) is 0 Å². The predicted molar refractivity (Wildman–Crippen MR) is 124 cm³/mol. The number of benzene rings is 3. The van der Waals surface area contributed by atoms with Crippen LogP contribution in [0.2, 0.25) is 0 Å². The molecule has 0 unspecified atom stereocenters. The third kappa shape index (κ3) is 4.94. The number of fused-ring (bicyclic) bond motifs is 2. The van der Waals surface area contributed by atoms with Crippen molar-refractivity contribution in [3.05, 3.63) is 108 Å². The zero-order chi connectivity index (χ0) is 24.2. The largest absolute Gasteiger partial charge is 0.452 e. The van der Waals surface area contributed by atoms with Gasteiger partial charge < -0.3 is 18.9 Å². The Bertz CT molecular complexity index is 1120. The SMILES string of the molecule is O=C(O[C@@H]1[C@@H](OC(=O)c2ccccc2)[C@@H]2NC[C@@H](O2)[C@H]1OC(=O)c1ccccc1)c1ccccc1. The predicted octanol–water partition coefficient (Wildman–Crippen LogP) is 2.99. The minimum absolute atomic E-state index is 0.320. The van der Waals surface area contributed by atoms with Crippen molar-refractivity contribution in [3.8, 4) is 0 Å². The van der Waals surface area contributed by atoms with Crippen molar-refractivity contribution in [2.45, 2.75) is 30.6 Å². The van der Waals surface area contributed by atoms with Crippen molar-refractivity contribution in [2.75, 3.05) is 6.54 Å². The normalized spacial score (nSPS) is 24.9. The van der Waals surface area contributed by atoms with Crippen LogP contribution in [0.15, 0.2) is 91.0 Å². The standard InChI is InChI=1S/C27H23NO7/c29-25(17-10-4-1-5-11-17)33-21-20-16-28-24(32-20)23(35-27(31)19-14-8-3-9-15-19)22(21)34-26(30)18-12-6-2-7-13-18/h1-15,20-24,28H,16H2/t20-,21-,22+,23-,24-/m1/s1. The molecule has 8 nitrogen and oxygen atoms in total. The molecule has 2 fully saturated rings. The molecule has 3 aromatic carbocycles. The van der Waals surface area contributed by atoms with E-state index in [-0.39, 0.29) is 0 Å². The van der Waals surface area contributed by atoms with E-state index < -0.39 is 48.6 Å². The Morgan fingerprint density at radius 2 is 1.00 bits per heavy atom. The van der Waals surface area contributed by atoms with E-state index in [4.69, 9.17) is 18.9 Å². The first kappa shape index (κ1) is 22.8. The molecular formula is C27H23NO7. The van der Waals surface area contributed by atoms with Crippen LogP contribution in [0.1, 0.15) is 31.1 Å². The Kier molecular flexibility index (Phi) is 6.56. The van der Waals surface area contributed by atoms with Gasteiger partial charge in [0.25, 0.3) is 0 Å². The van der Waals surface area contributed by atoms with E-state index in [1.807, 2.05) is 0 Å². The fourth-order valence-corrected chi connectivity index (χ4v) is 4.18. The first-order chi connectivity index (χ1) is 17.1. The topological polar surface area (TPSA) is 100 Å². The molecule has 1 N–H and O–H groups in total. The molecule has 2 saturated heterocycles. The van der Waals surface area contributed by atoms with Gasteiger partial charge in [-0.25, -0.2) is 14.4 Å². The summed E-state index contributed by atoms with van der Waals surface area (Å²) in [6.07, 6.45) is -4.47. The molecule has 0 aliphatic carbocycles. The van der Waals surface area contributed by atoms with Crippen LogP contribution in [-0.2, 0) is 18.9 Å². The van der Waals surface area contributed by atoms with Crippen LogP contribution >= 0.6 is 0 Å². The minimum Gasteiger partial charge on any atom is -0.452 e. The van der Waals surface area contributed by atoms with Crippen molar-refractivity contribution in [1.29, 1.82) is 0 Å². The van der Waals surface area contributed by atoms with E-state index in [1.54, 1.807) is 91.0 Å². The van der Waals surface area contributed by atoms with Gasteiger partial charge in [-0.15, -0.1) is 0 Å². The lowest BCUT2D eigenvalue weighted by Crippen LogP contribution is -2.59. The lowest BCUT2D eigenvalue weighted by molar-refractivity contribution is -0.198. The van der Waals surface area contributed by atoms with Gasteiger partial charge in [-0.3, -0.25) is 5.32 Å². The average Bonchev–Trinajstić information content (AvgIpc) is 3.35. The van der Waals surface area contributed by atoms with Gasteiger partial charge in [0.2, 0.25) is 0 Å². The van der Waals surface area contributed by atoms with Crippen molar-refractivity contribution in [1.82, 2.24) is 5.32 Å². The van der Waals surface area contributed by atoms with Crippen molar-refractivity contribution in [3.63, 3.8) is 0 Å². The second-order valence-electron chi connectivity index (χ2n) is 8.21. The summed E-state index contributed by atoms with van der Waals surface area (Å²) in [6, 6.07) is 25.4. The lowest BCUT2D eigenvalue weighted by atomic mass is 9.99. The molecule has 3 aromatic rings. The van der Waals surface area contributed by atoms with Crippen LogP contribution in [-0.4, -0.2) is 55.1 Å². The van der Waals surface area contributed by atoms with E-state index >= 15 is 0 Å². The van der Waals surface area contributed by atoms with Crippen LogP contribution in [0, 0.1) is 0 Å². The summed E-state index contributed by atoms with van der Waals surface area (Å²) in [5.74, 6) is -1.84. The molecule has 0 aromatic heterocycles. The Labute approximate surface area is 201 Å². The number of carbonyl (C=O) groups is 3. The molecular weight excluding hydrogens is 450 g/mol. The summed E-state index contributed by atoms with van der Waals surface area (Å²) in [5.41, 5.74) is 0.991. The fraction of sp³-hybridized carbons (Fsp3) is 0.222. The molecule has 178 valence electrons. The summed E-state index contributed by atoms with van der Waals surface area (Å²) in [5, 5.41) is 3.13. The van der Waals surface area contributed by atoms with Crippen LogP contribution in [0.3, 0.4) is 0 Å². The third-order valence-electron chi connectivity index (χ3n) is 5.91. The molecule has 8 heteroatoms. The maximum atomic E-state index is 13.0. The van der Waals surface area contributed by atoms with E-state index in [0.717, 1.165) is 0 Å². The quantitative estimate of drug-likeness (QED) is 0.431. The van der Waals surface area contributed by atoms with Crippen molar-refractivity contribution in [2.24, 2.45) is 0 Å². The Hall–Kier alpha value is -4.01. The van der Waals surface area contributed by atoms with Gasteiger partial charge in [-0.05, 0) is 36.4 Å². The monoisotopic (exact) mass is 473 g/mol. The highest BCUT2D eigenvalue weighted by atomic mass is 16.7. The smallest absolute Gasteiger partial charge is 0.338 e. The summed E-state index contributed by atoms with van der Waals surface area (Å²) in [6.45, 7) is 0.330. The Morgan fingerprint density at radius 3 is 1.46 bits per heavy atom. The summed E-state index contributed by atoms with van der Waals surface area (Å²) < 4.78 is 23.4. The first-order valence-corrected chi connectivity index (χ1v) is 11.3. The number of nitrogens with one attached hydrogen (secondary N) is 1. The maximum Gasteiger partial charge on any atom is 0.338 e. The van der Waals surface area contributed by atoms with E-state index in [9.17, 15) is 14.4 Å². The molecule has 2 heterocycles. The molecule has 0 spiro atoms. The van der Waals surface area contributed by atoms with Crippen LogP contribution in [0.5, 0.6) is 0 Å². The number of hydrogen-bond donors (Lipinski definition) is 1. The highest BCUT2D eigenvalue weighted by Crippen LogP contribution is 2.32. The molecule has 35 heavy (non-hydrogen) atoms. The van der Waals surface area contributed by atoms with Crippen LogP contribution in [0.4, 0.5) is 0 Å². The van der Waals surface area contributed by atoms with Crippen LogP contribution < -0.4 is 5.32 Å². The fourth-order valence-electron chi connectivity index (χ4n) is 4.18. The zero-order valence-electron chi connectivity index (χ0n) is 18.6. The molecule has 2 aliphatic rings. The van der Waals surface area contributed by atoms with E-state index in [2.05, 4.69) is 5.32 Å². The number of hydrogen-bond acceptors (Lipinski definition) is 8. The van der Waals surface area contributed by atoms with Gasteiger partial charge in [0.1, 0.15) is 12.3 Å². The lowest BCUT2D eigenvalue weighted by Gasteiger charge is -2.39.